The van der Waals surface area contributed by atoms with Crippen molar-refractivity contribution in [2.75, 3.05) is 0 Å². The minimum atomic E-state index is -0.619. The molecule has 1 amide bonds. The first-order valence-corrected chi connectivity index (χ1v) is 11.9. The van der Waals surface area contributed by atoms with Crippen molar-refractivity contribution in [3.8, 4) is 17.4 Å². The summed E-state index contributed by atoms with van der Waals surface area (Å²) in [5.74, 6) is 0.276. The highest BCUT2D eigenvalue weighted by molar-refractivity contribution is 5.96. The number of rotatable bonds is 6. The van der Waals surface area contributed by atoms with E-state index in [1.165, 1.54) is 31.2 Å². The van der Waals surface area contributed by atoms with Gasteiger partial charge in [0.15, 0.2) is 5.78 Å². The molecule has 2 aromatic carbocycles. The van der Waals surface area contributed by atoms with Crippen molar-refractivity contribution in [3.05, 3.63) is 83.6 Å². The van der Waals surface area contributed by atoms with E-state index in [-0.39, 0.29) is 34.8 Å². The van der Waals surface area contributed by atoms with Gasteiger partial charge in [0.1, 0.15) is 23.1 Å². The monoisotopic (exact) mass is 496 g/mol. The molecule has 0 saturated heterocycles. The van der Waals surface area contributed by atoms with Crippen molar-refractivity contribution < 1.29 is 28.2 Å². The molecule has 190 valence electrons. The first-order chi connectivity index (χ1) is 17.2. The smallest absolute Gasteiger partial charge is 0.230 e. The number of phenolic OH excluding ortho intramolecular Hbond substituents is 1. The molecule has 3 aromatic rings. The van der Waals surface area contributed by atoms with E-state index in [9.17, 15) is 23.5 Å². The average Bonchev–Trinajstić information content (AvgIpc) is 2.86. The van der Waals surface area contributed by atoms with Crippen LogP contribution in [-0.2, 0) is 11.3 Å². The molecule has 1 aromatic heterocycles. The number of benzene rings is 2. The molecule has 0 spiro atoms. The maximum Gasteiger partial charge on any atom is 0.230 e. The van der Waals surface area contributed by atoms with E-state index in [4.69, 9.17) is 4.74 Å². The standard InChI is InChI=1S/C15H21NO2.C13H9F2NO2/c1-11-5-7-13(8-6-11)15(18)16-10-12-3-2-4-14(17)9-12;1-8(17)12-6-10(15)7-16-13(12)18-11-4-2-9(14)3-5-11/h2-4,9,11,13,17H,5-8,10H2,1H3,(H,16,18);2-7H,1H3. The van der Waals surface area contributed by atoms with E-state index in [1.54, 1.807) is 18.2 Å². The Bertz CT molecular complexity index is 1180. The van der Waals surface area contributed by atoms with Crippen LogP contribution < -0.4 is 10.1 Å². The third-order valence-corrected chi connectivity index (χ3v) is 5.99. The molecule has 6 nitrogen and oxygen atoms in total. The van der Waals surface area contributed by atoms with Crippen LogP contribution >= 0.6 is 0 Å². The quantitative estimate of drug-likeness (QED) is 0.397. The molecule has 0 aliphatic heterocycles. The van der Waals surface area contributed by atoms with Gasteiger partial charge in [0.25, 0.3) is 0 Å². The van der Waals surface area contributed by atoms with Crippen molar-refractivity contribution >= 4 is 11.7 Å². The molecule has 1 heterocycles. The zero-order valence-electron chi connectivity index (χ0n) is 20.3. The summed E-state index contributed by atoms with van der Waals surface area (Å²) >= 11 is 0. The third-order valence-electron chi connectivity index (χ3n) is 5.99. The van der Waals surface area contributed by atoms with E-state index < -0.39 is 11.6 Å². The van der Waals surface area contributed by atoms with Crippen molar-refractivity contribution in [1.29, 1.82) is 0 Å². The molecule has 1 aliphatic carbocycles. The zero-order chi connectivity index (χ0) is 26.1. The number of Topliss-reactive ketones (excluding diaryl/α,β-unsaturated/α-hetero) is 1. The Kier molecular flexibility index (Phi) is 9.50. The van der Waals surface area contributed by atoms with Gasteiger partial charge < -0.3 is 15.2 Å². The first kappa shape index (κ1) is 26.8. The lowest BCUT2D eigenvalue weighted by Gasteiger charge is -2.25. The second-order valence-electron chi connectivity index (χ2n) is 8.96. The minimum absolute atomic E-state index is 0.00416. The van der Waals surface area contributed by atoms with Gasteiger partial charge in [-0.2, -0.15) is 0 Å². The van der Waals surface area contributed by atoms with E-state index >= 15 is 0 Å². The number of nitrogens with zero attached hydrogens (tertiary/aromatic N) is 1. The Morgan fingerprint density at radius 1 is 1.03 bits per heavy atom. The van der Waals surface area contributed by atoms with Crippen LogP contribution in [0.1, 0.15) is 55.5 Å². The molecule has 4 rings (SSSR count). The minimum Gasteiger partial charge on any atom is -0.508 e. The number of pyridine rings is 1. The largest absolute Gasteiger partial charge is 0.508 e. The lowest BCUT2D eigenvalue weighted by Crippen LogP contribution is -2.32. The number of carbonyl (C=O) groups is 2. The molecule has 1 fully saturated rings. The van der Waals surface area contributed by atoms with Gasteiger partial charge in [-0.05, 0) is 86.6 Å². The number of ketones is 1. The number of hydrogen-bond donors (Lipinski definition) is 2. The molecule has 36 heavy (non-hydrogen) atoms. The number of aromatic nitrogens is 1. The van der Waals surface area contributed by atoms with Gasteiger partial charge in [-0.3, -0.25) is 9.59 Å². The van der Waals surface area contributed by atoms with Gasteiger partial charge in [0, 0.05) is 12.5 Å². The summed E-state index contributed by atoms with van der Waals surface area (Å²) in [6.07, 6.45) is 5.28. The number of halogens is 2. The Labute approximate surface area is 209 Å². The summed E-state index contributed by atoms with van der Waals surface area (Å²) in [5.41, 5.74) is 0.979. The highest BCUT2D eigenvalue weighted by atomic mass is 19.1. The van der Waals surface area contributed by atoms with E-state index in [2.05, 4.69) is 17.2 Å². The highest BCUT2D eigenvalue weighted by Crippen LogP contribution is 2.28. The van der Waals surface area contributed by atoms with E-state index in [0.717, 1.165) is 49.4 Å². The number of hydrogen-bond acceptors (Lipinski definition) is 5. The molecule has 0 radical (unpaired) electrons. The molecule has 1 aliphatic rings. The van der Waals surface area contributed by atoms with Crippen LogP contribution in [0, 0.1) is 23.5 Å². The number of amides is 1. The summed E-state index contributed by atoms with van der Waals surface area (Å²) in [5, 5.41) is 12.3. The van der Waals surface area contributed by atoms with Gasteiger partial charge in [0.05, 0.1) is 11.8 Å². The van der Waals surface area contributed by atoms with Crippen LogP contribution in [0.4, 0.5) is 8.78 Å². The Hall–Kier alpha value is -3.81. The summed E-state index contributed by atoms with van der Waals surface area (Å²) in [6, 6.07) is 13.3. The van der Waals surface area contributed by atoms with Crippen LogP contribution in [0.15, 0.2) is 60.8 Å². The SMILES string of the molecule is CC(=O)c1cc(F)cnc1Oc1ccc(F)cc1.CC1CCC(C(=O)NCc2cccc(O)c2)CC1. The molecule has 0 atom stereocenters. The molecule has 1 saturated carbocycles. The molecular formula is C28H30F2N2O4. The fourth-order valence-electron chi connectivity index (χ4n) is 3.90. The van der Waals surface area contributed by atoms with Gasteiger partial charge in [-0.15, -0.1) is 0 Å². The van der Waals surface area contributed by atoms with E-state index in [0.29, 0.717) is 12.3 Å². The number of phenols is 1. The summed E-state index contributed by atoms with van der Waals surface area (Å²) in [6.45, 7) is 4.04. The Balaban J connectivity index is 0.000000201. The van der Waals surface area contributed by atoms with Crippen LogP contribution in [0.25, 0.3) is 0 Å². The van der Waals surface area contributed by atoms with Gasteiger partial charge in [0.2, 0.25) is 11.8 Å². The topological polar surface area (TPSA) is 88.5 Å². The maximum absolute atomic E-state index is 13.0. The second-order valence-corrected chi connectivity index (χ2v) is 8.96. The van der Waals surface area contributed by atoms with Crippen molar-refractivity contribution in [1.82, 2.24) is 10.3 Å². The van der Waals surface area contributed by atoms with Crippen molar-refractivity contribution in [3.63, 3.8) is 0 Å². The number of nitrogens with one attached hydrogen (secondary N) is 1. The number of ether oxygens (including phenoxy) is 1. The molecular weight excluding hydrogens is 466 g/mol. The normalized spacial score (nSPS) is 16.9. The lowest BCUT2D eigenvalue weighted by molar-refractivity contribution is -0.126. The van der Waals surface area contributed by atoms with Gasteiger partial charge in [-0.25, -0.2) is 13.8 Å². The van der Waals surface area contributed by atoms with Crippen LogP contribution in [0.3, 0.4) is 0 Å². The lowest BCUT2D eigenvalue weighted by atomic mass is 9.82. The summed E-state index contributed by atoms with van der Waals surface area (Å²) < 4.78 is 31.0. The Morgan fingerprint density at radius 3 is 2.36 bits per heavy atom. The molecule has 2 N–H and O–H groups in total. The Morgan fingerprint density at radius 2 is 1.72 bits per heavy atom. The number of aromatic hydroxyl groups is 1. The van der Waals surface area contributed by atoms with Crippen LogP contribution in [-0.4, -0.2) is 21.8 Å². The number of carbonyl (C=O) groups excluding carboxylic acids is 2. The summed E-state index contributed by atoms with van der Waals surface area (Å²) in [7, 11) is 0. The van der Waals surface area contributed by atoms with Crippen molar-refractivity contribution in [2.45, 2.75) is 46.1 Å². The summed E-state index contributed by atoms with van der Waals surface area (Å²) in [4.78, 5) is 27.0. The predicted octanol–water partition coefficient (Wildman–Crippen LogP) is 6.19. The van der Waals surface area contributed by atoms with Crippen LogP contribution in [0.2, 0.25) is 0 Å². The van der Waals surface area contributed by atoms with Crippen LogP contribution in [0.5, 0.6) is 17.4 Å². The van der Waals surface area contributed by atoms with Crippen molar-refractivity contribution in [2.24, 2.45) is 11.8 Å². The van der Waals surface area contributed by atoms with Gasteiger partial charge >= 0.3 is 0 Å². The van der Waals surface area contributed by atoms with Gasteiger partial charge in [-0.1, -0.05) is 19.1 Å². The fourth-order valence-corrected chi connectivity index (χ4v) is 3.90. The molecule has 0 unspecified atom stereocenters. The predicted molar refractivity (Wildman–Crippen MR) is 132 cm³/mol. The third kappa shape index (κ3) is 8.15. The molecule has 0 bridgehead atoms. The van der Waals surface area contributed by atoms with E-state index in [1.807, 2.05) is 6.07 Å². The average molecular weight is 497 g/mol. The zero-order valence-corrected chi connectivity index (χ0v) is 20.3. The highest BCUT2D eigenvalue weighted by Gasteiger charge is 2.23. The first-order valence-electron chi connectivity index (χ1n) is 11.9. The fraction of sp³-hybridized carbons (Fsp3) is 0.321. The second kappa shape index (κ2) is 12.8. The molecule has 8 heteroatoms. The maximum atomic E-state index is 13.0.